The number of nitrogens with zero attached hydrogens (tertiary/aromatic N) is 1. The molecule has 1 aliphatic rings. The minimum Gasteiger partial charge on any atom is -0.444 e. The number of carbonyl (C=O) groups excluding carboxylic acids is 1. The normalized spacial score (nSPS) is 18.9. The monoisotopic (exact) mass is 339 g/mol. The smallest absolute Gasteiger partial charge is 0.410 e. The predicted molar refractivity (Wildman–Crippen MR) is 89.8 cm³/mol. The van der Waals surface area contributed by atoms with E-state index in [1.807, 2.05) is 51.1 Å². The van der Waals surface area contributed by atoms with Crippen molar-refractivity contribution in [3.8, 4) is 0 Å². The van der Waals surface area contributed by atoms with E-state index in [-0.39, 0.29) is 23.5 Å². The van der Waals surface area contributed by atoms with Crippen molar-refractivity contribution in [2.75, 3.05) is 18.8 Å². The summed E-state index contributed by atoms with van der Waals surface area (Å²) < 4.78 is 30.0. The van der Waals surface area contributed by atoms with Crippen LogP contribution in [0.2, 0.25) is 0 Å². The van der Waals surface area contributed by atoms with Crippen molar-refractivity contribution < 1.29 is 17.9 Å². The Bertz CT molecular complexity index is 634. The lowest BCUT2D eigenvalue weighted by atomic mass is 10.2. The number of likely N-dealkylation sites (tertiary alicyclic amines) is 1. The van der Waals surface area contributed by atoms with Crippen molar-refractivity contribution in [3.63, 3.8) is 0 Å². The molecule has 0 bridgehead atoms. The van der Waals surface area contributed by atoms with Crippen LogP contribution in [0.3, 0.4) is 0 Å². The Balaban J connectivity index is 1.88. The quantitative estimate of drug-likeness (QED) is 0.846. The number of sulfone groups is 1. The van der Waals surface area contributed by atoms with E-state index in [0.717, 1.165) is 5.56 Å². The summed E-state index contributed by atoms with van der Waals surface area (Å²) in [7, 11) is -3.18. The molecule has 1 atom stereocenters. The molecule has 0 aromatic heterocycles. The second kappa shape index (κ2) is 6.91. The van der Waals surface area contributed by atoms with Gasteiger partial charge in [-0.25, -0.2) is 13.2 Å². The van der Waals surface area contributed by atoms with Gasteiger partial charge < -0.3 is 9.64 Å². The average molecular weight is 339 g/mol. The molecule has 1 aliphatic heterocycles. The van der Waals surface area contributed by atoms with Gasteiger partial charge in [0.25, 0.3) is 0 Å². The maximum atomic E-state index is 12.3. The SMILES string of the molecule is CC(C)(C)OC(=O)N1CCC(CS(=O)(=O)Cc2ccccc2)C1. The molecule has 1 fully saturated rings. The number of ether oxygens (including phenoxy) is 1. The fourth-order valence-corrected chi connectivity index (χ4v) is 4.52. The van der Waals surface area contributed by atoms with Gasteiger partial charge in [-0.05, 0) is 38.7 Å². The van der Waals surface area contributed by atoms with Gasteiger partial charge in [-0.1, -0.05) is 30.3 Å². The summed E-state index contributed by atoms with van der Waals surface area (Å²) in [5.41, 5.74) is 0.267. The Labute approximate surface area is 138 Å². The molecule has 1 aromatic rings. The molecule has 1 aromatic carbocycles. The first-order valence-electron chi connectivity index (χ1n) is 7.87. The van der Waals surface area contributed by atoms with E-state index in [1.54, 1.807) is 4.90 Å². The third kappa shape index (κ3) is 5.86. The summed E-state index contributed by atoms with van der Waals surface area (Å²) in [6.07, 6.45) is 0.341. The van der Waals surface area contributed by atoms with Crippen LogP contribution in [0, 0.1) is 5.92 Å². The Hall–Kier alpha value is -1.56. The van der Waals surface area contributed by atoms with Crippen LogP contribution in [-0.2, 0) is 20.3 Å². The first-order chi connectivity index (χ1) is 10.6. The van der Waals surface area contributed by atoms with Gasteiger partial charge in [0.05, 0.1) is 11.5 Å². The van der Waals surface area contributed by atoms with Gasteiger partial charge in [0.2, 0.25) is 0 Å². The summed E-state index contributed by atoms with van der Waals surface area (Å²) in [5.74, 6) is 0.147. The molecule has 1 unspecified atom stereocenters. The summed E-state index contributed by atoms with van der Waals surface area (Å²) in [6.45, 7) is 6.47. The molecule has 1 amide bonds. The maximum absolute atomic E-state index is 12.3. The average Bonchev–Trinajstić information content (AvgIpc) is 2.85. The van der Waals surface area contributed by atoms with Crippen LogP contribution in [0.5, 0.6) is 0 Å². The van der Waals surface area contributed by atoms with Crippen LogP contribution < -0.4 is 0 Å². The van der Waals surface area contributed by atoms with E-state index in [2.05, 4.69) is 0 Å². The van der Waals surface area contributed by atoms with E-state index in [1.165, 1.54) is 0 Å². The molecule has 2 rings (SSSR count). The van der Waals surface area contributed by atoms with Crippen LogP contribution in [0.4, 0.5) is 4.79 Å². The Morgan fingerprint density at radius 2 is 1.91 bits per heavy atom. The van der Waals surface area contributed by atoms with Crippen molar-refractivity contribution >= 4 is 15.9 Å². The van der Waals surface area contributed by atoms with E-state index in [9.17, 15) is 13.2 Å². The molecule has 0 saturated carbocycles. The predicted octanol–water partition coefficient (Wildman–Crippen LogP) is 2.86. The topological polar surface area (TPSA) is 63.7 Å². The first-order valence-corrected chi connectivity index (χ1v) is 9.69. The third-order valence-electron chi connectivity index (χ3n) is 3.66. The molecule has 0 aliphatic carbocycles. The van der Waals surface area contributed by atoms with Crippen LogP contribution >= 0.6 is 0 Å². The maximum Gasteiger partial charge on any atom is 0.410 e. The summed E-state index contributed by atoms with van der Waals surface area (Å²) >= 11 is 0. The van der Waals surface area contributed by atoms with Crippen molar-refractivity contribution in [1.29, 1.82) is 0 Å². The Morgan fingerprint density at radius 3 is 2.52 bits per heavy atom. The van der Waals surface area contributed by atoms with Crippen LogP contribution in [0.1, 0.15) is 32.8 Å². The molecule has 23 heavy (non-hydrogen) atoms. The molecule has 1 heterocycles. The largest absolute Gasteiger partial charge is 0.444 e. The minimum atomic E-state index is -3.18. The fourth-order valence-electron chi connectivity index (χ4n) is 2.71. The van der Waals surface area contributed by atoms with Crippen molar-refractivity contribution in [2.24, 2.45) is 5.92 Å². The summed E-state index contributed by atoms with van der Waals surface area (Å²) in [6, 6.07) is 9.18. The van der Waals surface area contributed by atoms with Crippen molar-refractivity contribution in [1.82, 2.24) is 4.90 Å². The van der Waals surface area contributed by atoms with Gasteiger partial charge in [0, 0.05) is 13.1 Å². The summed E-state index contributed by atoms with van der Waals surface area (Å²) in [5, 5.41) is 0. The number of carbonyl (C=O) groups is 1. The number of hydrogen-bond donors (Lipinski definition) is 0. The molecule has 0 N–H and O–H groups in total. The lowest BCUT2D eigenvalue weighted by molar-refractivity contribution is 0.0289. The first kappa shape index (κ1) is 17.8. The number of hydrogen-bond acceptors (Lipinski definition) is 4. The van der Waals surface area contributed by atoms with Gasteiger partial charge in [0.1, 0.15) is 5.60 Å². The number of amides is 1. The van der Waals surface area contributed by atoms with Crippen LogP contribution in [0.25, 0.3) is 0 Å². The number of benzene rings is 1. The van der Waals surface area contributed by atoms with E-state index >= 15 is 0 Å². The van der Waals surface area contributed by atoms with Crippen LogP contribution in [-0.4, -0.2) is 43.9 Å². The zero-order valence-electron chi connectivity index (χ0n) is 14.0. The highest BCUT2D eigenvalue weighted by molar-refractivity contribution is 7.90. The van der Waals surface area contributed by atoms with Gasteiger partial charge in [-0.3, -0.25) is 0 Å². The second-order valence-electron chi connectivity index (χ2n) is 7.12. The van der Waals surface area contributed by atoms with Gasteiger partial charge in [-0.2, -0.15) is 0 Å². The highest BCUT2D eigenvalue weighted by Gasteiger charge is 2.32. The van der Waals surface area contributed by atoms with Gasteiger partial charge in [-0.15, -0.1) is 0 Å². The van der Waals surface area contributed by atoms with Crippen LogP contribution in [0.15, 0.2) is 30.3 Å². The second-order valence-corrected chi connectivity index (χ2v) is 9.23. The van der Waals surface area contributed by atoms with Gasteiger partial charge >= 0.3 is 6.09 Å². The molecule has 128 valence electrons. The zero-order chi connectivity index (χ0) is 17.1. The van der Waals surface area contributed by atoms with Crippen molar-refractivity contribution in [3.05, 3.63) is 35.9 Å². The molecule has 1 saturated heterocycles. The summed E-state index contributed by atoms with van der Waals surface area (Å²) in [4.78, 5) is 13.6. The standard InChI is InChI=1S/C17H25NO4S/c1-17(2,3)22-16(19)18-10-9-15(11-18)13-23(20,21)12-14-7-5-4-6-8-14/h4-8,15H,9-13H2,1-3H3. The Kier molecular flexibility index (Phi) is 5.34. The molecule has 0 spiro atoms. The van der Waals surface area contributed by atoms with E-state index in [0.29, 0.717) is 19.5 Å². The highest BCUT2D eigenvalue weighted by atomic mass is 32.2. The highest BCUT2D eigenvalue weighted by Crippen LogP contribution is 2.22. The van der Waals surface area contributed by atoms with E-state index < -0.39 is 15.4 Å². The lowest BCUT2D eigenvalue weighted by Gasteiger charge is -2.24. The zero-order valence-corrected chi connectivity index (χ0v) is 14.8. The molecule has 0 radical (unpaired) electrons. The van der Waals surface area contributed by atoms with Gasteiger partial charge in [0.15, 0.2) is 9.84 Å². The lowest BCUT2D eigenvalue weighted by Crippen LogP contribution is -2.35. The molecular weight excluding hydrogens is 314 g/mol. The van der Waals surface area contributed by atoms with Crippen molar-refractivity contribution in [2.45, 2.75) is 38.5 Å². The molecular formula is C17H25NO4S. The minimum absolute atomic E-state index is 0.0174. The molecule has 6 heteroatoms. The van der Waals surface area contributed by atoms with E-state index in [4.69, 9.17) is 4.74 Å². The third-order valence-corrected chi connectivity index (χ3v) is 5.41. The molecule has 5 nitrogen and oxygen atoms in total. The Morgan fingerprint density at radius 1 is 1.26 bits per heavy atom. The fraction of sp³-hybridized carbons (Fsp3) is 0.588. The number of rotatable bonds is 4.